The number of nitrogens with two attached hydrogens (primary N) is 2. The van der Waals surface area contributed by atoms with E-state index in [1.54, 1.807) is 12.1 Å². The van der Waals surface area contributed by atoms with E-state index in [0.29, 0.717) is 28.2 Å². The highest BCUT2D eigenvalue weighted by molar-refractivity contribution is 5.89. The van der Waals surface area contributed by atoms with Crippen LogP contribution in [0.1, 0.15) is 5.56 Å². The summed E-state index contributed by atoms with van der Waals surface area (Å²) in [6.45, 7) is 0. The van der Waals surface area contributed by atoms with Crippen molar-refractivity contribution in [3.63, 3.8) is 0 Å². The molecule has 0 aliphatic heterocycles. The number of imidazole rings is 1. The van der Waals surface area contributed by atoms with Gasteiger partial charge in [0.2, 0.25) is 0 Å². The summed E-state index contributed by atoms with van der Waals surface area (Å²) in [5, 5.41) is 8.66. The summed E-state index contributed by atoms with van der Waals surface area (Å²) in [6.07, 6.45) is 0. The average Bonchev–Trinajstić information content (AvgIpc) is 2.46. The van der Waals surface area contributed by atoms with Crippen LogP contribution in [0.15, 0.2) is 12.1 Å². The smallest absolute Gasteiger partial charge is 0.198 e. The van der Waals surface area contributed by atoms with Crippen LogP contribution in [-0.2, 0) is 0 Å². The van der Waals surface area contributed by atoms with E-state index in [4.69, 9.17) is 16.7 Å². The van der Waals surface area contributed by atoms with E-state index in [1.165, 1.54) is 0 Å². The van der Waals surface area contributed by atoms with Gasteiger partial charge in [0.1, 0.15) is 5.52 Å². The maximum absolute atomic E-state index is 8.66. The Morgan fingerprint density at radius 1 is 1.38 bits per heavy atom. The van der Waals surface area contributed by atoms with Crippen LogP contribution < -0.4 is 11.5 Å². The third-order valence-electron chi connectivity index (χ3n) is 1.76. The number of nitrogens with zero attached hydrogens (tertiary/aromatic N) is 2. The van der Waals surface area contributed by atoms with Gasteiger partial charge < -0.3 is 16.5 Å². The number of nitrogen functional groups attached to an aromatic ring is 2. The number of hydrogen-bond donors (Lipinski definition) is 3. The van der Waals surface area contributed by atoms with Crippen LogP contribution in [0.2, 0.25) is 0 Å². The second-order valence-corrected chi connectivity index (χ2v) is 2.70. The summed E-state index contributed by atoms with van der Waals surface area (Å²) >= 11 is 0. The number of nitrogens with one attached hydrogen (secondary N) is 1. The molecule has 0 spiro atoms. The van der Waals surface area contributed by atoms with E-state index in [-0.39, 0.29) is 0 Å². The van der Waals surface area contributed by atoms with Crippen LogP contribution in [0, 0.1) is 11.3 Å². The van der Waals surface area contributed by atoms with E-state index in [2.05, 4.69) is 9.97 Å². The molecule has 1 heterocycles. The molecule has 5 heteroatoms. The Hall–Kier alpha value is -2.22. The lowest BCUT2D eigenvalue weighted by molar-refractivity contribution is 1.35. The van der Waals surface area contributed by atoms with E-state index in [9.17, 15) is 0 Å². The molecular weight excluding hydrogens is 166 g/mol. The molecule has 0 amide bonds. The van der Waals surface area contributed by atoms with Crippen molar-refractivity contribution in [2.75, 3.05) is 11.5 Å². The lowest BCUT2D eigenvalue weighted by Gasteiger charge is -1.94. The van der Waals surface area contributed by atoms with Crippen LogP contribution >= 0.6 is 0 Å². The van der Waals surface area contributed by atoms with E-state index in [1.807, 2.05) is 6.07 Å². The first-order valence-electron chi connectivity index (χ1n) is 3.65. The molecule has 0 radical (unpaired) electrons. The second-order valence-electron chi connectivity index (χ2n) is 2.70. The van der Waals surface area contributed by atoms with Gasteiger partial charge in [-0.1, -0.05) is 0 Å². The molecule has 1 aromatic heterocycles. The highest BCUT2D eigenvalue weighted by atomic mass is 15.0. The van der Waals surface area contributed by atoms with Gasteiger partial charge in [0.05, 0.1) is 22.8 Å². The molecule has 0 saturated carbocycles. The van der Waals surface area contributed by atoms with Crippen molar-refractivity contribution in [1.29, 1.82) is 5.26 Å². The van der Waals surface area contributed by atoms with Crippen molar-refractivity contribution in [3.05, 3.63) is 17.7 Å². The number of rotatable bonds is 0. The highest BCUT2D eigenvalue weighted by Crippen LogP contribution is 2.21. The second kappa shape index (κ2) is 2.38. The predicted molar refractivity (Wildman–Crippen MR) is 49.6 cm³/mol. The Balaban J connectivity index is 2.85. The average molecular weight is 173 g/mol. The van der Waals surface area contributed by atoms with Crippen LogP contribution in [0.3, 0.4) is 0 Å². The minimum absolute atomic E-state index is 0.303. The minimum Gasteiger partial charge on any atom is -0.397 e. The number of H-pyrrole nitrogens is 1. The Kier molecular flexibility index (Phi) is 1.36. The molecule has 0 saturated heterocycles. The van der Waals surface area contributed by atoms with Gasteiger partial charge in [0.15, 0.2) is 5.95 Å². The van der Waals surface area contributed by atoms with Crippen LogP contribution in [-0.4, -0.2) is 9.97 Å². The topological polar surface area (TPSA) is 105 Å². The number of hydrogen-bond acceptors (Lipinski definition) is 4. The van der Waals surface area contributed by atoms with Crippen molar-refractivity contribution in [3.8, 4) is 6.07 Å². The molecule has 0 fully saturated rings. The molecule has 0 aliphatic carbocycles. The number of fused-ring (bicyclic) bond motifs is 1. The van der Waals surface area contributed by atoms with Gasteiger partial charge in [-0.25, -0.2) is 4.98 Å². The third-order valence-corrected chi connectivity index (χ3v) is 1.76. The molecule has 1 aromatic carbocycles. The SMILES string of the molecule is N#Cc1cc(N)c2nc(N)[nH]c2c1. The summed E-state index contributed by atoms with van der Waals surface area (Å²) in [4.78, 5) is 6.79. The third kappa shape index (κ3) is 1.05. The number of anilines is 2. The van der Waals surface area contributed by atoms with Crippen LogP contribution in [0.4, 0.5) is 11.6 Å². The molecule has 5 nitrogen and oxygen atoms in total. The van der Waals surface area contributed by atoms with Crippen molar-refractivity contribution in [2.24, 2.45) is 0 Å². The lowest BCUT2D eigenvalue weighted by atomic mass is 10.2. The standard InChI is InChI=1S/C8H7N5/c9-3-4-1-5(10)7-6(2-4)12-8(11)13-7/h1-2H,10H2,(H3,11,12,13). The van der Waals surface area contributed by atoms with Gasteiger partial charge in [-0.15, -0.1) is 0 Å². The summed E-state index contributed by atoms with van der Waals surface area (Å²) in [7, 11) is 0. The number of nitriles is 1. The zero-order valence-corrected chi connectivity index (χ0v) is 6.70. The molecule has 0 atom stereocenters. The fourth-order valence-corrected chi connectivity index (χ4v) is 1.23. The fraction of sp³-hybridized carbons (Fsp3) is 0. The normalized spacial score (nSPS) is 10.1. The fourth-order valence-electron chi connectivity index (χ4n) is 1.23. The summed E-state index contributed by atoms with van der Waals surface area (Å²) < 4.78 is 0. The Morgan fingerprint density at radius 3 is 2.85 bits per heavy atom. The maximum Gasteiger partial charge on any atom is 0.198 e. The number of aromatic nitrogens is 2. The lowest BCUT2D eigenvalue weighted by Crippen LogP contribution is -1.88. The van der Waals surface area contributed by atoms with E-state index >= 15 is 0 Å². The molecule has 64 valence electrons. The van der Waals surface area contributed by atoms with Crippen molar-refractivity contribution >= 4 is 22.7 Å². The first kappa shape index (κ1) is 7.43. The predicted octanol–water partition coefficient (Wildman–Crippen LogP) is 0.599. The minimum atomic E-state index is 0.303. The first-order valence-corrected chi connectivity index (χ1v) is 3.65. The zero-order valence-electron chi connectivity index (χ0n) is 6.70. The van der Waals surface area contributed by atoms with Gasteiger partial charge in [-0.2, -0.15) is 5.26 Å². The zero-order chi connectivity index (χ0) is 9.42. The van der Waals surface area contributed by atoms with Gasteiger partial charge in [-0.05, 0) is 12.1 Å². The molecule has 2 aromatic rings. The van der Waals surface area contributed by atoms with Gasteiger partial charge in [-0.3, -0.25) is 0 Å². The monoisotopic (exact) mass is 173 g/mol. The summed E-state index contributed by atoms with van der Waals surface area (Å²) in [5.74, 6) is 0.303. The Labute approximate surface area is 74.0 Å². The van der Waals surface area contributed by atoms with E-state index in [0.717, 1.165) is 0 Å². The molecule has 13 heavy (non-hydrogen) atoms. The van der Waals surface area contributed by atoms with Crippen molar-refractivity contribution in [1.82, 2.24) is 9.97 Å². The quantitative estimate of drug-likeness (QED) is 0.507. The molecular formula is C8H7N5. The Bertz CT molecular complexity index is 505. The van der Waals surface area contributed by atoms with Gasteiger partial charge in [0.25, 0.3) is 0 Å². The highest BCUT2D eigenvalue weighted by Gasteiger charge is 2.05. The largest absolute Gasteiger partial charge is 0.397 e. The number of benzene rings is 1. The summed E-state index contributed by atoms with van der Waals surface area (Å²) in [5.41, 5.74) is 13.4. The Morgan fingerprint density at radius 2 is 2.15 bits per heavy atom. The summed E-state index contributed by atoms with van der Waals surface area (Å²) in [6, 6.07) is 5.23. The van der Waals surface area contributed by atoms with Crippen molar-refractivity contribution in [2.45, 2.75) is 0 Å². The molecule has 2 rings (SSSR count). The van der Waals surface area contributed by atoms with Crippen LogP contribution in [0.5, 0.6) is 0 Å². The number of aromatic amines is 1. The molecule has 0 bridgehead atoms. The van der Waals surface area contributed by atoms with E-state index < -0.39 is 0 Å². The van der Waals surface area contributed by atoms with Gasteiger partial charge in [0, 0.05) is 0 Å². The first-order chi connectivity index (χ1) is 6.20. The molecule has 0 aliphatic rings. The van der Waals surface area contributed by atoms with Crippen LogP contribution in [0.25, 0.3) is 11.0 Å². The molecule has 0 unspecified atom stereocenters. The van der Waals surface area contributed by atoms with Crippen molar-refractivity contribution < 1.29 is 0 Å². The van der Waals surface area contributed by atoms with Gasteiger partial charge >= 0.3 is 0 Å². The maximum atomic E-state index is 8.66. The molecule has 5 N–H and O–H groups in total.